The van der Waals surface area contributed by atoms with Gasteiger partial charge in [0.2, 0.25) is 11.7 Å². The molecule has 2 N–H and O–H groups in total. The number of rotatable bonds is 6. The van der Waals surface area contributed by atoms with Crippen LogP contribution in [0, 0.1) is 8.99 Å². The Balaban J connectivity index is 1.56. The average Bonchev–Trinajstić information content (AvgIpc) is 3.44. The number of nitrogens with zero attached hydrogens (tertiary/aromatic N) is 4. The van der Waals surface area contributed by atoms with E-state index in [1.807, 2.05) is 43.1 Å². The van der Waals surface area contributed by atoms with Crippen molar-refractivity contribution < 1.29 is 14.3 Å². The fourth-order valence-corrected chi connectivity index (χ4v) is 4.34. The van der Waals surface area contributed by atoms with E-state index in [2.05, 4.69) is 43.2 Å². The van der Waals surface area contributed by atoms with E-state index in [0.29, 0.717) is 18.1 Å². The van der Waals surface area contributed by atoms with Crippen molar-refractivity contribution in [2.45, 2.75) is 26.7 Å². The zero-order valence-electron chi connectivity index (χ0n) is 18.9. The molecule has 174 valence electrons. The quantitative estimate of drug-likeness (QED) is 0.438. The molecule has 0 aliphatic carbocycles. The number of carbonyl (C=O) groups excluding carboxylic acids is 2. The lowest BCUT2D eigenvalue weighted by Gasteiger charge is -2.22. The van der Waals surface area contributed by atoms with Crippen molar-refractivity contribution in [3.63, 3.8) is 0 Å². The van der Waals surface area contributed by atoms with Crippen LogP contribution < -0.4 is 10.6 Å². The zero-order valence-corrected chi connectivity index (χ0v) is 21.0. The first-order chi connectivity index (χ1) is 15.8. The summed E-state index contributed by atoms with van der Waals surface area (Å²) in [6, 6.07) is 5.69. The molecule has 4 rings (SSSR count). The standard InChI is InChI=1S/C23H27IN6O3/c1-23(2,14-33-3)20(31)26-16-11-25-21-28-19(13-30(21)12-16)17-10-15(6-7-18(17)24)27-22(32)29-8-4-5-9-29/h6-7,10-13H,4-5,8-9,14H2,1-3H3,(H,26,31)(H,27,32). The van der Waals surface area contributed by atoms with E-state index < -0.39 is 5.41 Å². The van der Waals surface area contributed by atoms with Crippen molar-refractivity contribution in [3.05, 3.63) is 40.4 Å². The van der Waals surface area contributed by atoms with Crippen molar-refractivity contribution in [1.29, 1.82) is 0 Å². The topological polar surface area (TPSA) is 101 Å². The van der Waals surface area contributed by atoms with E-state index in [9.17, 15) is 9.59 Å². The summed E-state index contributed by atoms with van der Waals surface area (Å²) in [5.74, 6) is 0.364. The maximum absolute atomic E-state index is 12.6. The van der Waals surface area contributed by atoms with E-state index in [0.717, 1.165) is 46.4 Å². The van der Waals surface area contributed by atoms with Crippen molar-refractivity contribution in [2.24, 2.45) is 5.41 Å². The molecule has 3 heterocycles. The number of ether oxygens (including phenoxy) is 1. The highest BCUT2D eigenvalue weighted by molar-refractivity contribution is 14.1. The summed E-state index contributed by atoms with van der Waals surface area (Å²) < 4.78 is 7.92. The van der Waals surface area contributed by atoms with Crippen LogP contribution in [0.25, 0.3) is 17.0 Å². The van der Waals surface area contributed by atoms with Crippen LogP contribution >= 0.6 is 22.6 Å². The average molecular weight is 562 g/mol. The largest absolute Gasteiger partial charge is 0.384 e. The molecule has 1 saturated heterocycles. The van der Waals surface area contributed by atoms with E-state index in [-0.39, 0.29) is 11.9 Å². The molecule has 0 radical (unpaired) electrons. The number of aromatic nitrogens is 3. The predicted molar refractivity (Wildman–Crippen MR) is 135 cm³/mol. The first-order valence-electron chi connectivity index (χ1n) is 10.8. The molecule has 10 heteroatoms. The smallest absolute Gasteiger partial charge is 0.321 e. The lowest BCUT2D eigenvalue weighted by molar-refractivity contribution is -0.126. The molecule has 1 aromatic carbocycles. The van der Waals surface area contributed by atoms with Crippen LogP contribution in [0.15, 0.2) is 36.8 Å². The van der Waals surface area contributed by atoms with Gasteiger partial charge in [-0.2, -0.15) is 0 Å². The van der Waals surface area contributed by atoms with Gasteiger partial charge in [-0.15, -0.1) is 0 Å². The maximum atomic E-state index is 12.6. The summed E-state index contributed by atoms with van der Waals surface area (Å²) in [7, 11) is 1.57. The highest BCUT2D eigenvalue weighted by Gasteiger charge is 2.28. The normalized spacial score (nSPS) is 14.0. The number of hydrogen-bond donors (Lipinski definition) is 2. The van der Waals surface area contributed by atoms with Gasteiger partial charge in [0.1, 0.15) is 0 Å². The van der Waals surface area contributed by atoms with E-state index in [1.165, 1.54) is 0 Å². The Kier molecular flexibility index (Phi) is 6.84. The maximum Gasteiger partial charge on any atom is 0.321 e. The Morgan fingerprint density at radius 2 is 1.91 bits per heavy atom. The molecule has 0 bridgehead atoms. The van der Waals surface area contributed by atoms with Gasteiger partial charge in [-0.1, -0.05) is 0 Å². The number of methoxy groups -OCH3 is 1. The van der Waals surface area contributed by atoms with Crippen LogP contribution in [0.3, 0.4) is 0 Å². The van der Waals surface area contributed by atoms with Gasteiger partial charge in [0.15, 0.2) is 0 Å². The SMILES string of the molecule is COCC(C)(C)C(=O)Nc1cnc2nc(-c3cc(NC(=O)N4CCCC4)ccc3I)cn2c1. The lowest BCUT2D eigenvalue weighted by atomic mass is 9.93. The highest BCUT2D eigenvalue weighted by atomic mass is 127. The molecule has 0 unspecified atom stereocenters. The Labute approximate surface area is 206 Å². The number of benzene rings is 1. The van der Waals surface area contributed by atoms with Crippen molar-refractivity contribution in [2.75, 3.05) is 37.4 Å². The number of anilines is 2. The van der Waals surface area contributed by atoms with Crippen molar-refractivity contribution >= 4 is 51.7 Å². The van der Waals surface area contributed by atoms with Crippen LogP contribution in [-0.2, 0) is 9.53 Å². The van der Waals surface area contributed by atoms with Crippen LogP contribution in [-0.4, -0.2) is 58.0 Å². The van der Waals surface area contributed by atoms with Gasteiger partial charge >= 0.3 is 6.03 Å². The summed E-state index contributed by atoms with van der Waals surface area (Å²) >= 11 is 2.25. The van der Waals surface area contributed by atoms with E-state index in [4.69, 9.17) is 4.74 Å². The molecule has 0 atom stereocenters. The molecule has 33 heavy (non-hydrogen) atoms. The first kappa shape index (κ1) is 23.4. The molecule has 3 aromatic rings. The van der Waals surface area contributed by atoms with Gasteiger partial charge in [-0.3, -0.25) is 9.20 Å². The molecular weight excluding hydrogens is 535 g/mol. The molecule has 0 saturated carbocycles. The monoisotopic (exact) mass is 562 g/mol. The number of hydrogen-bond acceptors (Lipinski definition) is 5. The number of carbonyl (C=O) groups is 2. The summed E-state index contributed by atoms with van der Waals surface area (Å²) in [5, 5.41) is 5.88. The molecule has 1 aliphatic rings. The summed E-state index contributed by atoms with van der Waals surface area (Å²) in [6.45, 7) is 5.55. The second-order valence-electron chi connectivity index (χ2n) is 8.77. The Morgan fingerprint density at radius 3 is 2.64 bits per heavy atom. The van der Waals surface area contributed by atoms with E-state index in [1.54, 1.807) is 23.9 Å². The first-order valence-corrected chi connectivity index (χ1v) is 11.9. The van der Waals surface area contributed by atoms with E-state index >= 15 is 0 Å². The lowest BCUT2D eigenvalue weighted by Crippen LogP contribution is -2.34. The molecule has 3 amide bonds. The number of amides is 3. The summed E-state index contributed by atoms with van der Waals surface area (Å²) in [6.07, 6.45) is 7.33. The van der Waals surface area contributed by atoms with Crippen LogP contribution in [0.4, 0.5) is 16.2 Å². The minimum absolute atomic E-state index is 0.0758. The van der Waals surface area contributed by atoms with Crippen LogP contribution in [0.1, 0.15) is 26.7 Å². The van der Waals surface area contributed by atoms with Gasteiger partial charge in [0.05, 0.1) is 29.6 Å². The number of nitrogens with one attached hydrogen (secondary N) is 2. The highest BCUT2D eigenvalue weighted by Crippen LogP contribution is 2.28. The van der Waals surface area contributed by atoms with Crippen molar-refractivity contribution in [1.82, 2.24) is 19.3 Å². The predicted octanol–water partition coefficient (Wildman–Crippen LogP) is 4.24. The van der Waals surface area contributed by atoms with Gasteiger partial charge in [0.25, 0.3) is 0 Å². The van der Waals surface area contributed by atoms with Gasteiger partial charge in [-0.25, -0.2) is 14.8 Å². The van der Waals surface area contributed by atoms with Crippen LogP contribution in [0.5, 0.6) is 0 Å². The summed E-state index contributed by atoms with van der Waals surface area (Å²) in [4.78, 5) is 35.9. The number of likely N-dealkylation sites (tertiary alicyclic amines) is 1. The fraction of sp³-hybridized carbons (Fsp3) is 0.391. The summed E-state index contributed by atoms with van der Waals surface area (Å²) in [5.41, 5.74) is 2.25. The van der Waals surface area contributed by atoms with Gasteiger partial charge in [0, 0.05) is 47.4 Å². The number of halogens is 1. The molecule has 0 spiro atoms. The molecule has 9 nitrogen and oxygen atoms in total. The second-order valence-corrected chi connectivity index (χ2v) is 9.93. The second kappa shape index (κ2) is 9.64. The fourth-order valence-electron chi connectivity index (χ4n) is 3.73. The number of fused-ring (bicyclic) bond motifs is 1. The number of urea groups is 1. The molecule has 2 aromatic heterocycles. The Hall–Kier alpha value is -2.73. The minimum atomic E-state index is -0.667. The third-order valence-electron chi connectivity index (χ3n) is 5.57. The molecule has 1 fully saturated rings. The third-order valence-corrected chi connectivity index (χ3v) is 6.52. The van der Waals surface area contributed by atoms with Gasteiger partial charge in [-0.05, 0) is 67.5 Å². The molecular formula is C23H27IN6O3. The third kappa shape index (κ3) is 5.27. The van der Waals surface area contributed by atoms with Gasteiger partial charge < -0.3 is 20.3 Å². The Morgan fingerprint density at radius 1 is 1.15 bits per heavy atom. The van der Waals surface area contributed by atoms with Crippen LogP contribution in [0.2, 0.25) is 0 Å². The zero-order chi connectivity index (χ0) is 23.6. The Bertz CT molecular complexity index is 1190. The number of imidazole rings is 1. The van der Waals surface area contributed by atoms with Crippen molar-refractivity contribution in [3.8, 4) is 11.3 Å². The minimum Gasteiger partial charge on any atom is -0.384 e. The molecule has 1 aliphatic heterocycles.